The van der Waals surface area contributed by atoms with Gasteiger partial charge in [-0.1, -0.05) is 0 Å². The lowest BCUT2D eigenvalue weighted by Crippen LogP contribution is -2.12. The van der Waals surface area contributed by atoms with Gasteiger partial charge in [0, 0.05) is 11.6 Å². The summed E-state index contributed by atoms with van der Waals surface area (Å²) in [7, 11) is 0. The molecule has 0 spiro atoms. The SMILES string of the molecule is O=Cc1cc(O)cc(OCc2cc(C(F)(F)F)cc(C(F)(F)F)c2)c1. The van der Waals surface area contributed by atoms with Crippen LogP contribution in [0.15, 0.2) is 36.4 Å². The number of carbonyl (C=O) groups excluding carboxylic acids is 1. The highest BCUT2D eigenvalue weighted by molar-refractivity contribution is 5.76. The molecule has 0 radical (unpaired) electrons. The zero-order chi connectivity index (χ0) is 18.8. The van der Waals surface area contributed by atoms with Gasteiger partial charge in [-0.05, 0) is 35.9 Å². The molecule has 0 aliphatic carbocycles. The van der Waals surface area contributed by atoms with Crippen LogP contribution in [0.2, 0.25) is 0 Å². The molecule has 25 heavy (non-hydrogen) atoms. The van der Waals surface area contributed by atoms with Gasteiger partial charge in [-0.3, -0.25) is 4.79 Å². The zero-order valence-electron chi connectivity index (χ0n) is 12.3. The van der Waals surface area contributed by atoms with E-state index in [1.54, 1.807) is 0 Å². The van der Waals surface area contributed by atoms with Crippen molar-refractivity contribution in [1.82, 2.24) is 0 Å². The number of ether oxygens (including phenoxy) is 1. The molecule has 0 atom stereocenters. The van der Waals surface area contributed by atoms with Crippen molar-refractivity contribution in [2.24, 2.45) is 0 Å². The molecule has 0 fully saturated rings. The molecule has 134 valence electrons. The molecular formula is C16H10F6O3. The van der Waals surface area contributed by atoms with Crippen LogP contribution < -0.4 is 4.74 Å². The van der Waals surface area contributed by atoms with Gasteiger partial charge in [0.1, 0.15) is 24.4 Å². The van der Waals surface area contributed by atoms with E-state index in [0.29, 0.717) is 18.4 Å². The van der Waals surface area contributed by atoms with Crippen molar-refractivity contribution in [3.8, 4) is 11.5 Å². The molecule has 0 aliphatic rings. The lowest BCUT2D eigenvalue weighted by Gasteiger charge is -2.15. The van der Waals surface area contributed by atoms with Gasteiger partial charge in [0.25, 0.3) is 0 Å². The minimum absolute atomic E-state index is 0.0162. The first-order valence-electron chi connectivity index (χ1n) is 6.69. The summed E-state index contributed by atoms with van der Waals surface area (Å²) >= 11 is 0. The normalized spacial score (nSPS) is 12.1. The fourth-order valence-electron chi connectivity index (χ4n) is 2.03. The minimum atomic E-state index is -4.95. The molecule has 0 heterocycles. The summed E-state index contributed by atoms with van der Waals surface area (Å²) < 4.78 is 81.7. The van der Waals surface area contributed by atoms with Crippen molar-refractivity contribution in [3.63, 3.8) is 0 Å². The van der Waals surface area contributed by atoms with Crippen LogP contribution in [0.5, 0.6) is 11.5 Å². The van der Waals surface area contributed by atoms with E-state index in [-0.39, 0.29) is 28.7 Å². The third-order valence-electron chi connectivity index (χ3n) is 3.10. The Morgan fingerprint density at radius 1 is 0.880 bits per heavy atom. The van der Waals surface area contributed by atoms with Gasteiger partial charge in [0.05, 0.1) is 11.1 Å². The summed E-state index contributed by atoms with van der Waals surface area (Å²) in [6, 6.07) is 4.47. The van der Waals surface area contributed by atoms with Gasteiger partial charge >= 0.3 is 12.4 Å². The van der Waals surface area contributed by atoms with E-state index in [2.05, 4.69) is 0 Å². The Bertz CT molecular complexity index is 748. The number of hydrogen-bond acceptors (Lipinski definition) is 3. The summed E-state index contributed by atoms with van der Waals surface area (Å²) in [5, 5.41) is 9.39. The topological polar surface area (TPSA) is 46.5 Å². The molecule has 0 unspecified atom stereocenters. The van der Waals surface area contributed by atoms with Gasteiger partial charge in [-0.2, -0.15) is 26.3 Å². The van der Waals surface area contributed by atoms with Crippen molar-refractivity contribution in [1.29, 1.82) is 0 Å². The van der Waals surface area contributed by atoms with Gasteiger partial charge in [-0.15, -0.1) is 0 Å². The highest BCUT2D eigenvalue weighted by atomic mass is 19.4. The highest BCUT2D eigenvalue weighted by Crippen LogP contribution is 2.36. The van der Waals surface area contributed by atoms with Crippen molar-refractivity contribution in [2.75, 3.05) is 0 Å². The Morgan fingerprint density at radius 2 is 1.44 bits per heavy atom. The van der Waals surface area contributed by atoms with Crippen LogP contribution in [-0.2, 0) is 19.0 Å². The third kappa shape index (κ3) is 4.88. The second-order valence-electron chi connectivity index (χ2n) is 5.08. The number of alkyl halides is 6. The van der Waals surface area contributed by atoms with E-state index in [0.717, 1.165) is 12.1 Å². The van der Waals surface area contributed by atoms with Crippen LogP contribution >= 0.6 is 0 Å². The maximum absolute atomic E-state index is 12.8. The summed E-state index contributed by atoms with van der Waals surface area (Å²) in [5.74, 6) is -0.410. The smallest absolute Gasteiger partial charge is 0.416 e. The molecule has 9 heteroatoms. The van der Waals surface area contributed by atoms with Gasteiger partial charge in [-0.25, -0.2) is 0 Å². The van der Waals surface area contributed by atoms with Crippen molar-refractivity contribution < 1.29 is 41.0 Å². The minimum Gasteiger partial charge on any atom is -0.508 e. The first-order chi connectivity index (χ1) is 11.5. The van der Waals surface area contributed by atoms with Crippen LogP contribution in [0.3, 0.4) is 0 Å². The Morgan fingerprint density at radius 3 is 1.92 bits per heavy atom. The number of rotatable bonds is 4. The quantitative estimate of drug-likeness (QED) is 0.625. The number of aromatic hydroxyl groups is 1. The maximum atomic E-state index is 12.8. The molecule has 1 N–H and O–H groups in total. The van der Waals surface area contributed by atoms with Crippen molar-refractivity contribution >= 4 is 6.29 Å². The number of phenolic OH excluding ortho intramolecular Hbond substituents is 1. The summed E-state index contributed by atoms with van der Waals surface area (Å²) in [4.78, 5) is 10.7. The number of carbonyl (C=O) groups is 1. The van der Waals surface area contributed by atoms with E-state index in [4.69, 9.17) is 4.74 Å². The Balaban J connectivity index is 2.33. The van der Waals surface area contributed by atoms with Gasteiger partial charge < -0.3 is 9.84 Å². The second-order valence-corrected chi connectivity index (χ2v) is 5.08. The van der Waals surface area contributed by atoms with E-state index in [9.17, 15) is 36.2 Å². The van der Waals surface area contributed by atoms with Crippen LogP contribution in [0.25, 0.3) is 0 Å². The Labute approximate surface area is 137 Å². The van der Waals surface area contributed by atoms with Crippen molar-refractivity contribution in [2.45, 2.75) is 19.0 Å². The lowest BCUT2D eigenvalue weighted by atomic mass is 10.1. The maximum Gasteiger partial charge on any atom is 0.416 e. The van der Waals surface area contributed by atoms with E-state index < -0.39 is 30.1 Å². The molecule has 0 saturated carbocycles. The number of benzene rings is 2. The van der Waals surface area contributed by atoms with E-state index in [1.165, 1.54) is 6.07 Å². The number of aldehydes is 1. The predicted octanol–water partition coefficient (Wildman–Crippen LogP) is 4.82. The largest absolute Gasteiger partial charge is 0.508 e. The second kappa shape index (κ2) is 6.66. The zero-order valence-corrected chi connectivity index (χ0v) is 12.3. The predicted molar refractivity (Wildman–Crippen MR) is 74.3 cm³/mol. The first-order valence-corrected chi connectivity index (χ1v) is 6.69. The lowest BCUT2D eigenvalue weighted by molar-refractivity contribution is -0.143. The molecule has 2 aromatic carbocycles. The molecule has 3 nitrogen and oxygen atoms in total. The molecule has 2 aromatic rings. The molecule has 2 rings (SSSR count). The van der Waals surface area contributed by atoms with E-state index in [1.807, 2.05) is 0 Å². The van der Waals surface area contributed by atoms with Crippen molar-refractivity contribution in [3.05, 3.63) is 58.7 Å². The van der Waals surface area contributed by atoms with Crippen LogP contribution in [0.1, 0.15) is 27.0 Å². The average molecular weight is 364 g/mol. The fourth-order valence-corrected chi connectivity index (χ4v) is 2.03. The fraction of sp³-hybridized carbons (Fsp3) is 0.188. The average Bonchev–Trinajstić information content (AvgIpc) is 2.50. The monoisotopic (exact) mass is 364 g/mol. The first kappa shape index (κ1) is 18.6. The van der Waals surface area contributed by atoms with Gasteiger partial charge in [0.15, 0.2) is 0 Å². The Kier molecular flexibility index (Phi) is 4.96. The number of halogens is 6. The van der Waals surface area contributed by atoms with Crippen LogP contribution in [0.4, 0.5) is 26.3 Å². The summed E-state index contributed by atoms with van der Waals surface area (Å²) in [6.45, 7) is -0.616. The summed E-state index contributed by atoms with van der Waals surface area (Å²) in [5.41, 5.74) is -3.23. The molecular weight excluding hydrogens is 354 g/mol. The molecule has 0 saturated heterocycles. The van der Waals surface area contributed by atoms with Crippen LogP contribution in [-0.4, -0.2) is 11.4 Å². The molecule has 0 bridgehead atoms. The molecule has 0 amide bonds. The standard InChI is InChI=1S/C16H10F6O3/c17-15(18,19)11-1-10(2-12(5-11)16(20,21)22)8-25-14-4-9(7-23)3-13(24)6-14/h1-7,24H,8H2. The third-order valence-corrected chi connectivity index (χ3v) is 3.10. The van der Waals surface area contributed by atoms with Gasteiger partial charge in [0.2, 0.25) is 0 Å². The Hall–Kier alpha value is -2.71. The highest BCUT2D eigenvalue weighted by Gasteiger charge is 2.36. The molecule has 0 aromatic heterocycles. The number of phenols is 1. The molecule has 0 aliphatic heterocycles. The summed E-state index contributed by atoms with van der Waals surface area (Å²) in [6.07, 6.45) is -9.50. The number of hydrogen-bond donors (Lipinski definition) is 1. The van der Waals surface area contributed by atoms with E-state index >= 15 is 0 Å². The van der Waals surface area contributed by atoms with Crippen LogP contribution in [0, 0.1) is 0 Å².